The van der Waals surface area contributed by atoms with E-state index in [1.165, 1.54) is 19.3 Å². The topological polar surface area (TPSA) is 45.1 Å². The van der Waals surface area contributed by atoms with Gasteiger partial charge in [0.15, 0.2) is 0 Å². The monoisotopic (exact) mass is 220 g/mol. The number of pyridine rings is 1. The summed E-state index contributed by atoms with van der Waals surface area (Å²) in [6, 6.07) is 4.36. The van der Waals surface area contributed by atoms with E-state index in [4.69, 9.17) is 0 Å². The fourth-order valence-corrected chi connectivity index (χ4v) is 2.36. The first-order valence-corrected chi connectivity index (χ1v) is 6.07. The van der Waals surface area contributed by atoms with Crippen LogP contribution in [-0.2, 0) is 0 Å². The third-order valence-corrected chi connectivity index (χ3v) is 3.36. The zero-order chi connectivity index (χ0) is 11.4. The van der Waals surface area contributed by atoms with Crippen molar-refractivity contribution in [3.63, 3.8) is 0 Å². The predicted molar refractivity (Wildman–Crippen MR) is 64.0 cm³/mol. The van der Waals surface area contributed by atoms with Crippen LogP contribution in [0.3, 0.4) is 0 Å². The maximum atomic E-state index is 9.94. The number of rotatable bonds is 4. The van der Waals surface area contributed by atoms with Crippen molar-refractivity contribution in [1.29, 1.82) is 0 Å². The summed E-state index contributed by atoms with van der Waals surface area (Å²) in [5.41, 5.74) is 0.890. The second kappa shape index (κ2) is 5.41. The van der Waals surface area contributed by atoms with Gasteiger partial charge in [-0.1, -0.05) is 13.0 Å². The highest BCUT2D eigenvalue weighted by molar-refractivity contribution is 5.12. The average molecular weight is 220 g/mol. The van der Waals surface area contributed by atoms with E-state index in [1.54, 1.807) is 12.4 Å². The van der Waals surface area contributed by atoms with Crippen LogP contribution >= 0.6 is 0 Å². The molecule has 3 nitrogen and oxygen atoms in total. The smallest absolute Gasteiger partial charge is 0.0929 e. The highest BCUT2D eigenvalue weighted by Gasteiger charge is 2.21. The maximum Gasteiger partial charge on any atom is 0.0929 e. The quantitative estimate of drug-likeness (QED) is 0.814. The van der Waals surface area contributed by atoms with E-state index in [0.29, 0.717) is 12.6 Å². The molecule has 0 saturated heterocycles. The van der Waals surface area contributed by atoms with Gasteiger partial charge in [-0.3, -0.25) is 4.98 Å². The van der Waals surface area contributed by atoms with Gasteiger partial charge in [0.1, 0.15) is 0 Å². The molecule has 1 aromatic rings. The van der Waals surface area contributed by atoms with Gasteiger partial charge in [0.05, 0.1) is 6.10 Å². The summed E-state index contributed by atoms with van der Waals surface area (Å²) < 4.78 is 0. The number of hydrogen-bond acceptors (Lipinski definition) is 3. The Hall–Kier alpha value is -0.930. The average Bonchev–Trinajstić information content (AvgIpc) is 2.73. The number of hydrogen-bond donors (Lipinski definition) is 2. The van der Waals surface area contributed by atoms with Gasteiger partial charge in [-0.25, -0.2) is 0 Å². The Balaban J connectivity index is 1.78. The Bertz CT molecular complexity index is 315. The summed E-state index contributed by atoms with van der Waals surface area (Å²) in [6.07, 6.45) is 6.79. The molecule has 1 aliphatic rings. The SMILES string of the molecule is CC1CCC(NCC(O)c2cccnc2)C1. The van der Waals surface area contributed by atoms with Gasteiger partial charge < -0.3 is 10.4 Å². The normalized spacial score (nSPS) is 26.9. The lowest BCUT2D eigenvalue weighted by molar-refractivity contribution is 0.169. The molecule has 2 N–H and O–H groups in total. The van der Waals surface area contributed by atoms with Crippen molar-refractivity contribution >= 4 is 0 Å². The van der Waals surface area contributed by atoms with Crippen molar-refractivity contribution in [3.05, 3.63) is 30.1 Å². The molecule has 88 valence electrons. The van der Waals surface area contributed by atoms with E-state index in [-0.39, 0.29) is 0 Å². The highest BCUT2D eigenvalue weighted by Crippen LogP contribution is 2.24. The number of nitrogens with one attached hydrogen (secondary N) is 1. The van der Waals surface area contributed by atoms with Gasteiger partial charge in [0.25, 0.3) is 0 Å². The van der Waals surface area contributed by atoms with E-state index < -0.39 is 6.10 Å². The Morgan fingerprint density at radius 1 is 1.56 bits per heavy atom. The summed E-state index contributed by atoms with van der Waals surface area (Å²) in [4.78, 5) is 4.01. The van der Waals surface area contributed by atoms with Gasteiger partial charge in [0.2, 0.25) is 0 Å². The summed E-state index contributed by atoms with van der Waals surface area (Å²) in [5.74, 6) is 0.827. The zero-order valence-corrected chi connectivity index (χ0v) is 9.76. The van der Waals surface area contributed by atoms with Crippen LogP contribution in [0.2, 0.25) is 0 Å². The first kappa shape index (κ1) is 11.6. The van der Waals surface area contributed by atoms with Crippen molar-refractivity contribution in [2.75, 3.05) is 6.54 Å². The molecule has 16 heavy (non-hydrogen) atoms. The van der Waals surface area contributed by atoms with Crippen molar-refractivity contribution in [2.24, 2.45) is 5.92 Å². The maximum absolute atomic E-state index is 9.94. The van der Waals surface area contributed by atoms with Crippen LogP contribution in [0.1, 0.15) is 37.9 Å². The van der Waals surface area contributed by atoms with Gasteiger partial charge >= 0.3 is 0 Å². The molecule has 0 aliphatic heterocycles. The third kappa shape index (κ3) is 3.03. The molecule has 0 bridgehead atoms. The molecule has 0 amide bonds. The first-order chi connectivity index (χ1) is 7.75. The molecule has 1 heterocycles. The van der Waals surface area contributed by atoms with Crippen LogP contribution in [0.15, 0.2) is 24.5 Å². The molecule has 1 fully saturated rings. The third-order valence-electron chi connectivity index (χ3n) is 3.36. The Morgan fingerprint density at radius 3 is 3.06 bits per heavy atom. The van der Waals surface area contributed by atoms with Crippen molar-refractivity contribution in [1.82, 2.24) is 10.3 Å². The summed E-state index contributed by atoms with van der Waals surface area (Å²) in [5, 5.41) is 13.4. The fraction of sp³-hybridized carbons (Fsp3) is 0.615. The molecule has 3 atom stereocenters. The zero-order valence-electron chi connectivity index (χ0n) is 9.76. The highest BCUT2D eigenvalue weighted by atomic mass is 16.3. The fourth-order valence-electron chi connectivity index (χ4n) is 2.36. The lowest BCUT2D eigenvalue weighted by Gasteiger charge is -2.16. The van der Waals surface area contributed by atoms with Crippen LogP contribution < -0.4 is 5.32 Å². The molecule has 1 saturated carbocycles. The Labute approximate surface area is 96.9 Å². The van der Waals surface area contributed by atoms with E-state index in [0.717, 1.165) is 11.5 Å². The molecular weight excluding hydrogens is 200 g/mol. The first-order valence-electron chi connectivity index (χ1n) is 6.07. The number of aliphatic hydroxyl groups excluding tert-OH is 1. The van der Waals surface area contributed by atoms with Crippen LogP contribution in [0.25, 0.3) is 0 Å². The van der Waals surface area contributed by atoms with E-state index in [2.05, 4.69) is 17.2 Å². The molecule has 0 spiro atoms. The van der Waals surface area contributed by atoms with Crippen molar-refractivity contribution in [2.45, 2.75) is 38.3 Å². The minimum Gasteiger partial charge on any atom is -0.387 e. The van der Waals surface area contributed by atoms with E-state index in [9.17, 15) is 5.11 Å². The standard InChI is InChI=1S/C13H20N2O/c1-10-4-5-12(7-10)15-9-13(16)11-3-2-6-14-8-11/h2-3,6,8,10,12-13,15-16H,4-5,7,9H2,1H3. The summed E-state index contributed by atoms with van der Waals surface area (Å²) in [7, 11) is 0. The molecule has 1 aliphatic carbocycles. The summed E-state index contributed by atoms with van der Waals surface area (Å²) >= 11 is 0. The molecule has 3 heteroatoms. The largest absolute Gasteiger partial charge is 0.387 e. The Morgan fingerprint density at radius 2 is 2.44 bits per heavy atom. The minimum atomic E-state index is -0.440. The van der Waals surface area contributed by atoms with E-state index in [1.807, 2.05) is 12.1 Å². The second-order valence-corrected chi connectivity index (χ2v) is 4.83. The summed E-state index contributed by atoms with van der Waals surface area (Å²) in [6.45, 7) is 2.92. The van der Waals surface area contributed by atoms with Crippen LogP contribution in [0, 0.1) is 5.92 Å². The van der Waals surface area contributed by atoms with Crippen molar-refractivity contribution < 1.29 is 5.11 Å². The number of nitrogens with zero attached hydrogens (tertiary/aromatic N) is 1. The van der Waals surface area contributed by atoms with Crippen LogP contribution in [0.4, 0.5) is 0 Å². The molecular formula is C13H20N2O. The molecule has 0 aromatic carbocycles. The lowest BCUT2D eigenvalue weighted by atomic mass is 10.1. The van der Waals surface area contributed by atoms with Gasteiger partial charge in [-0.15, -0.1) is 0 Å². The number of aliphatic hydroxyl groups is 1. The molecule has 1 aromatic heterocycles. The van der Waals surface area contributed by atoms with Crippen LogP contribution in [0.5, 0.6) is 0 Å². The lowest BCUT2D eigenvalue weighted by Crippen LogP contribution is -2.30. The molecule has 3 unspecified atom stereocenters. The van der Waals surface area contributed by atoms with Crippen molar-refractivity contribution in [3.8, 4) is 0 Å². The minimum absolute atomic E-state index is 0.440. The van der Waals surface area contributed by atoms with Gasteiger partial charge in [-0.05, 0) is 31.2 Å². The molecule has 0 radical (unpaired) electrons. The van der Waals surface area contributed by atoms with E-state index >= 15 is 0 Å². The van der Waals surface area contributed by atoms with Gasteiger partial charge in [-0.2, -0.15) is 0 Å². The second-order valence-electron chi connectivity index (χ2n) is 4.83. The van der Waals surface area contributed by atoms with Crippen LogP contribution in [-0.4, -0.2) is 22.7 Å². The predicted octanol–water partition coefficient (Wildman–Crippen LogP) is 1.89. The molecule has 2 rings (SSSR count). The van der Waals surface area contributed by atoms with Gasteiger partial charge in [0, 0.05) is 30.5 Å². The number of aromatic nitrogens is 1. The Kier molecular flexibility index (Phi) is 3.91.